The van der Waals surface area contributed by atoms with Crippen LogP contribution in [0.1, 0.15) is 42.4 Å². The van der Waals surface area contributed by atoms with E-state index in [-0.39, 0.29) is 11.7 Å². The normalized spacial score (nSPS) is 17.7. The van der Waals surface area contributed by atoms with Gasteiger partial charge in [-0.2, -0.15) is 0 Å². The molecule has 118 valence electrons. The van der Waals surface area contributed by atoms with E-state index in [4.69, 9.17) is 4.74 Å². The molecule has 0 aliphatic heterocycles. The molecule has 2 nitrogen and oxygen atoms in total. The molecule has 0 saturated heterocycles. The van der Waals surface area contributed by atoms with E-state index in [0.717, 1.165) is 18.6 Å². The standard InChI is InChI=1S/C21H22O2/c1-3-15-6-4-5-7-21(15)18-12-17(13-19(22)14-18)16-8-10-20(23-2)11-9-16/h4-11,14,17H,3,12-13H2,1-2H3. The Labute approximate surface area is 137 Å². The molecule has 0 N–H and O–H groups in total. The summed E-state index contributed by atoms with van der Waals surface area (Å²) in [5.74, 6) is 1.32. The number of ether oxygens (including phenoxy) is 1. The van der Waals surface area contributed by atoms with Crippen molar-refractivity contribution >= 4 is 11.4 Å². The zero-order chi connectivity index (χ0) is 16.2. The van der Waals surface area contributed by atoms with Gasteiger partial charge in [0.05, 0.1) is 7.11 Å². The third-order valence-electron chi connectivity index (χ3n) is 4.58. The fourth-order valence-corrected chi connectivity index (χ4v) is 3.33. The lowest BCUT2D eigenvalue weighted by atomic mass is 9.80. The van der Waals surface area contributed by atoms with Gasteiger partial charge in [-0.3, -0.25) is 4.79 Å². The van der Waals surface area contributed by atoms with Crippen molar-refractivity contribution in [3.8, 4) is 5.75 Å². The predicted molar refractivity (Wildman–Crippen MR) is 93.8 cm³/mol. The summed E-state index contributed by atoms with van der Waals surface area (Å²) >= 11 is 0. The second-order valence-electron chi connectivity index (χ2n) is 6.02. The molecule has 2 aromatic carbocycles. The van der Waals surface area contributed by atoms with Crippen LogP contribution in [0, 0.1) is 0 Å². The minimum Gasteiger partial charge on any atom is -0.497 e. The first-order chi connectivity index (χ1) is 11.2. The van der Waals surface area contributed by atoms with E-state index >= 15 is 0 Å². The number of hydrogen-bond acceptors (Lipinski definition) is 2. The van der Waals surface area contributed by atoms with Gasteiger partial charge in [0.25, 0.3) is 0 Å². The summed E-state index contributed by atoms with van der Waals surface area (Å²) in [6.07, 6.45) is 4.32. The van der Waals surface area contributed by atoms with Crippen molar-refractivity contribution in [2.75, 3.05) is 7.11 Å². The number of hydrogen-bond donors (Lipinski definition) is 0. The maximum Gasteiger partial charge on any atom is 0.156 e. The van der Waals surface area contributed by atoms with Gasteiger partial charge in [0.1, 0.15) is 5.75 Å². The highest BCUT2D eigenvalue weighted by atomic mass is 16.5. The first-order valence-corrected chi connectivity index (χ1v) is 8.17. The van der Waals surface area contributed by atoms with Gasteiger partial charge in [-0.05, 0) is 59.2 Å². The van der Waals surface area contributed by atoms with E-state index < -0.39 is 0 Å². The van der Waals surface area contributed by atoms with Crippen molar-refractivity contribution < 1.29 is 9.53 Å². The van der Waals surface area contributed by atoms with E-state index in [1.54, 1.807) is 7.11 Å². The van der Waals surface area contributed by atoms with Gasteiger partial charge >= 0.3 is 0 Å². The molecule has 2 aromatic rings. The van der Waals surface area contributed by atoms with Crippen molar-refractivity contribution in [1.82, 2.24) is 0 Å². The first kappa shape index (κ1) is 15.5. The van der Waals surface area contributed by atoms with Crippen LogP contribution in [0.15, 0.2) is 54.6 Å². The molecule has 0 heterocycles. The quantitative estimate of drug-likeness (QED) is 0.812. The second-order valence-corrected chi connectivity index (χ2v) is 6.02. The first-order valence-electron chi connectivity index (χ1n) is 8.17. The molecule has 0 saturated carbocycles. The van der Waals surface area contributed by atoms with Crippen LogP contribution in [0.3, 0.4) is 0 Å². The summed E-state index contributed by atoms with van der Waals surface area (Å²) in [6.45, 7) is 2.16. The summed E-state index contributed by atoms with van der Waals surface area (Å²) in [6, 6.07) is 16.5. The summed E-state index contributed by atoms with van der Waals surface area (Å²) < 4.78 is 5.22. The van der Waals surface area contributed by atoms with E-state index in [1.165, 1.54) is 22.3 Å². The van der Waals surface area contributed by atoms with Gasteiger partial charge in [-0.15, -0.1) is 0 Å². The Balaban J connectivity index is 1.90. The Morgan fingerprint density at radius 1 is 1.04 bits per heavy atom. The zero-order valence-electron chi connectivity index (χ0n) is 13.7. The van der Waals surface area contributed by atoms with E-state index in [0.29, 0.717) is 6.42 Å². The lowest BCUT2D eigenvalue weighted by Gasteiger charge is -2.24. The molecule has 1 aliphatic rings. The molecule has 3 rings (SSSR count). The average Bonchev–Trinajstić information content (AvgIpc) is 2.61. The van der Waals surface area contributed by atoms with Crippen molar-refractivity contribution in [3.05, 3.63) is 71.3 Å². The van der Waals surface area contributed by atoms with Crippen LogP contribution in [0.2, 0.25) is 0 Å². The number of carbonyl (C=O) groups excluding carboxylic acids is 1. The maximum atomic E-state index is 12.3. The molecular formula is C21H22O2. The van der Waals surface area contributed by atoms with E-state index in [9.17, 15) is 4.79 Å². The van der Waals surface area contributed by atoms with Gasteiger partial charge < -0.3 is 4.74 Å². The largest absolute Gasteiger partial charge is 0.497 e. The van der Waals surface area contributed by atoms with Crippen LogP contribution < -0.4 is 4.74 Å². The van der Waals surface area contributed by atoms with E-state index in [2.05, 4.69) is 43.3 Å². The number of benzene rings is 2. The van der Waals surface area contributed by atoms with Crippen molar-refractivity contribution in [3.63, 3.8) is 0 Å². The fourth-order valence-electron chi connectivity index (χ4n) is 3.33. The monoisotopic (exact) mass is 306 g/mol. The summed E-state index contributed by atoms with van der Waals surface area (Å²) in [5.41, 5.74) is 4.90. The minimum atomic E-state index is 0.220. The number of carbonyl (C=O) groups is 1. The molecule has 0 bridgehead atoms. The molecule has 0 spiro atoms. The highest BCUT2D eigenvalue weighted by Crippen LogP contribution is 2.37. The van der Waals surface area contributed by atoms with Gasteiger partial charge in [-0.1, -0.05) is 43.3 Å². The number of aryl methyl sites for hydroxylation is 1. The Kier molecular flexibility index (Phi) is 4.61. The van der Waals surface area contributed by atoms with Gasteiger partial charge in [0, 0.05) is 6.42 Å². The molecule has 23 heavy (non-hydrogen) atoms. The van der Waals surface area contributed by atoms with Crippen LogP contribution in [0.4, 0.5) is 0 Å². The molecule has 1 atom stereocenters. The Morgan fingerprint density at radius 3 is 2.48 bits per heavy atom. The Morgan fingerprint density at radius 2 is 1.78 bits per heavy atom. The predicted octanol–water partition coefficient (Wildman–Crippen LogP) is 4.79. The van der Waals surface area contributed by atoms with Crippen LogP contribution in [-0.2, 0) is 11.2 Å². The number of methoxy groups -OCH3 is 1. The molecule has 2 heteroatoms. The Hall–Kier alpha value is -2.35. The van der Waals surface area contributed by atoms with Crippen LogP contribution in [0.25, 0.3) is 5.57 Å². The van der Waals surface area contributed by atoms with Gasteiger partial charge in [0.15, 0.2) is 5.78 Å². The lowest BCUT2D eigenvalue weighted by Crippen LogP contribution is -2.13. The minimum absolute atomic E-state index is 0.220. The topological polar surface area (TPSA) is 26.3 Å². The third kappa shape index (κ3) is 3.37. The van der Waals surface area contributed by atoms with Crippen LogP contribution >= 0.6 is 0 Å². The fraction of sp³-hybridized carbons (Fsp3) is 0.286. The second kappa shape index (κ2) is 6.82. The van der Waals surface area contributed by atoms with Gasteiger partial charge in [0.2, 0.25) is 0 Å². The summed E-state index contributed by atoms with van der Waals surface area (Å²) in [5, 5.41) is 0. The number of ketones is 1. The maximum absolute atomic E-state index is 12.3. The van der Waals surface area contributed by atoms with Crippen LogP contribution in [0.5, 0.6) is 5.75 Å². The molecule has 0 fully saturated rings. The molecule has 0 aromatic heterocycles. The highest BCUT2D eigenvalue weighted by molar-refractivity contribution is 5.99. The van der Waals surface area contributed by atoms with Crippen LogP contribution in [-0.4, -0.2) is 12.9 Å². The lowest BCUT2D eigenvalue weighted by molar-refractivity contribution is -0.115. The smallest absolute Gasteiger partial charge is 0.156 e. The summed E-state index contributed by atoms with van der Waals surface area (Å²) in [4.78, 5) is 12.3. The van der Waals surface area contributed by atoms with Gasteiger partial charge in [-0.25, -0.2) is 0 Å². The Bertz CT molecular complexity index is 726. The molecule has 1 aliphatic carbocycles. The zero-order valence-corrected chi connectivity index (χ0v) is 13.7. The SMILES string of the molecule is CCc1ccccc1C1=CC(=O)CC(c2ccc(OC)cc2)C1. The van der Waals surface area contributed by atoms with Crippen molar-refractivity contribution in [2.45, 2.75) is 32.1 Å². The van der Waals surface area contributed by atoms with Crippen molar-refractivity contribution in [1.29, 1.82) is 0 Å². The molecule has 0 radical (unpaired) electrons. The van der Waals surface area contributed by atoms with Crippen molar-refractivity contribution in [2.24, 2.45) is 0 Å². The summed E-state index contributed by atoms with van der Waals surface area (Å²) in [7, 11) is 1.67. The van der Waals surface area contributed by atoms with E-state index in [1.807, 2.05) is 18.2 Å². The molecule has 1 unspecified atom stereocenters. The molecule has 0 amide bonds. The molecular weight excluding hydrogens is 284 g/mol. The number of rotatable bonds is 4. The highest BCUT2D eigenvalue weighted by Gasteiger charge is 2.23. The number of allylic oxidation sites excluding steroid dienone is 2. The third-order valence-corrected chi connectivity index (χ3v) is 4.58. The average molecular weight is 306 g/mol.